The Morgan fingerprint density at radius 1 is 1.29 bits per heavy atom. The molecule has 4 nitrogen and oxygen atoms in total. The van der Waals surface area contributed by atoms with E-state index in [9.17, 15) is 4.79 Å². The molecule has 1 aromatic heterocycles. The number of ether oxygens (including phenoxy) is 2. The Morgan fingerprint density at radius 3 is 2.57 bits per heavy atom. The number of hydrogen-bond acceptors (Lipinski definition) is 5. The van der Waals surface area contributed by atoms with Gasteiger partial charge in [0.05, 0.1) is 11.4 Å². The lowest BCUT2D eigenvalue weighted by atomic mass is 10.1. The molecule has 0 aliphatic rings. The maximum atomic E-state index is 11.3. The fraction of sp³-hybridized carbons (Fsp3) is 0.267. The standard InChI is InChI=1S/C15H16ClNO3S/c1-19-15(18)13(17)8-10-2-4-11(5-3-10)20-9-12-6-7-14(16)21-12/h2-7,13H,8-9,17H2,1H3. The van der Waals surface area contributed by atoms with Gasteiger partial charge >= 0.3 is 5.97 Å². The summed E-state index contributed by atoms with van der Waals surface area (Å²) in [5, 5.41) is 0. The molecule has 1 unspecified atom stereocenters. The highest BCUT2D eigenvalue weighted by molar-refractivity contribution is 7.16. The minimum absolute atomic E-state index is 0.412. The van der Waals surface area contributed by atoms with Gasteiger partial charge in [-0.1, -0.05) is 23.7 Å². The molecule has 0 fully saturated rings. The van der Waals surface area contributed by atoms with Crippen LogP contribution in [0.5, 0.6) is 5.75 Å². The second-order valence-corrected chi connectivity index (χ2v) is 6.27. The first-order valence-electron chi connectivity index (χ1n) is 6.38. The van der Waals surface area contributed by atoms with E-state index in [-0.39, 0.29) is 0 Å². The molecule has 1 atom stereocenters. The molecule has 0 bridgehead atoms. The van der Waals surface area contributed by atoms with Crippen LogP contribution in [0.3, 0.4) is 0 Å². The molecule has 0 saturated heterocycles. The topological polar surface area (TPSA) is 61.5 Å². The van der Waals surface area contributed by atoms with E-state index in [1.54, 1.807) is 0 Å². The van der Waals surface area contributed by atoms with Gasteiger partial charge in [0.15, 0.2) is 0 Å². The fourth-order valence-electron chi connectivity index (χ4n) is 1.79. The molecule has 2 aromatic rings. The lowest BCUT2D eigenvalue weighted by Gasteiger charge is -2.10. The van der Waals surface area contributed by atoms with Gasteiger partial charge in [0.1, 0.15) is 18.4 Å². The highest BCUT2D eigenvalue weighted by Gasteiger charge is 2.14. The van der Waals surface area contributed by atoms with Gasteiger partial charge in [-0.15, -0.1) is 11.3 Å². The zero-order chi connectivity index (χ0) is 15.2. The molecular weight excluding hydrogens is 310 g/mol. The Kier molecular flexibility index (Phi) is 5.61. The molecule has 0 amide bonds. The molecule has 0 aliphatic carbocycles. The number of benzene rings is 1. The summed E-state index contributed by atoms with van der Waals surface area (Å²) < 4.78 is 11.0. The Morgan fingerprint density at radius 2 is 2.00 bits per heavy atom. The van der Waals surface area contributed by atoms with Crippen LogP contribution >= 0.6 is 22.9 Å². The third-order valence-corrected chi connectivity index (χ3v) is 4.10. The van der Waals surface area contributed by atoms with Crippen molar-refractivity contribution in [1.29, 1.82) is 0 Å². The number of esters is 1. The van der Waals surface area contributed by atoms with E-state index >= 15 is 0 Å². The smallest absolute Gasteiger partial charge is 0.322 e. The molecule has 2 N–H and O–H groups in total. The SMILES string of the molecule is COC(=O)C(N)Cc1ccc(OCc2ccc(Cl)s2)cc1. The minimum Gasteiger partial charge on any atom is -0.488 e. The van der Waals surface area contributed by atoms with Crippen molar-refractivity contribution < 1.29 is 14.3 Å². The Labute approximate surface area is 132 Å². The van der Waals surface area contributed by atoms with Crippen molar-refractivity contribution in [3.8, 4) is 5.75 Å². The first kappa shape index (κ1) is 15.8. The highest BCUT2D eigenvalue weighted by Crippen LogP contribution is 2.23. The van der Waals surface area contributed by atoms with Crippen LogP contribution in [0.15, 0.2) is 36.4 Å². The van der Waals surface area contributed by atoms with Crippen molar-refractivity contribution >= 4 is 28.9 Å². The van der Waals surface area contributed by atoms with Crippen molar-refractivity contribution in [2.45, 2.75) is 19.1 Å². The van der Waals surface area contributed by atoms with E-state index in [1.165, 1.54) is 18.4 Å². The minimum atomic E-state index is -0.643. The summed E-state index contributed by atoms with van der Waals surface area (Å²) in [7, 11) is 1.33. The summed E-state index contributed by atoms with van der Waals surface area (Å²) >= 11 is 7.36. The number of carbonyl (C=O) groups is 1. The quantitative estimate of drug-likeness (QED) is 0.829. The van der Waals surface area contributed by atoms with E-state index < -0.39 is 12.0 Å². The van der Waals surface area contributed by atoms with Crippen LogP contribution in [0.2, 0.25) is 4.34 Å². The van der Waals surface area contributed by atoms with Crippen LogP contribution in [0.1, 0.15) is 10.4 Å². The lowest BCUT2D eigenvalue weighted by molar-refractivity contribution is -0.142. The Bertz CT molecular complexity index is 597. The number of carbonyl (C=O) groups excluding carboxylic acids is 1. The molecule has 21 heavy (non-hydrogen) atoms. The van der Waals surface area contributed by atoms with Gasteiger partial charge in [-0.05, 0) is 36.2 Å². The number of methoxy groups -OCH3 is 1. The van der Waals surface area contributed by atoms with Crippen LogP contribution in [-0.2, 0) is 22.6 Å². The van der Waals surface area contributed by atoms with Crippen molar-refractivity contribution in [3.63, 3.8) is 0 Å². The predicted molar refractivity (Wildman–Crippen MR) is 83.8 cm³/mol. The van der Waals surface area contributed by atoms with Crippen LogP contribution in [0.25, 0.3) is 0 Å². The van der Waals surface area contributed by atoms with Crippen LogP contribution in [-0.4, -0.2) is 19.1 Å². The van der Waals surface area contributed by atoms with Gasteiger partial charge in [0, 0.05) is 4.88 Å². The van der Waals surface area contributed by atoms with Crippen molar-refractivity contribution in [3.05, 3.63) is 51.2 Å². The number of hydrogen-bond donors (Lipinski definition) is 1. The summed E-state index contributed by atoms with van der Waals surface area (Å²) in [5.41, 5.74) is 6.68. The van der Waals surface area contributed by atoms with Gasteiger partial charge < -0.3 is 15.2 Å². The van der Waals surface area contributed by atoms with Gasteiger partial charge in [0.2, 0.25) is 0 Å². The summed E-state index contributed by atoms with van der Waals surface area (Å²) in [6, 6.07) is 10.6. The molecular formula is C15H16ClNO3S. The van der Waals surface area contributed by atoms with Gasteiger partial charge in [-0.25, -0.2) is 0 Å². The molecule has 0 spiro atoms. The van der Waals surface area contributed by atoms with Crippen LogP contribution < -0.4 is 10.5 Å². The third-order valence-electron chi connectivity index (χ3n) is 2.89. The van der Waals surface area contributed by atoms with E-state index in [4.69, 9.17) is 22.1 Å². The van der Waals surface area contributed by atoms with Crippen molar-refractivity contribution in [1.82, 2.24) is 0 Å². The predicted octanol–water partition coefficient (Wildman–Crippen LogP) is 3.02. The van der Waals surface area contributed by atoms with Crippen molar-refractivity contribution in [2.24, 2.45) is 5.73 Å². The molecule has 1 aromatic carbocycles. The summed E-state index contributed by atoms with van der Waals surface area (Å²) in [5.74, 6) is 0.347. The average molecular weight is 326 g/mol. The van der Waals surface area contributed by atoms with E-state index in [0.717, 1.165) is 20.5 Å². The zero-order valence-electron chi connectivity index (χ0n) is 11.5. The number of rotatable bonds is 6. The number of thiophene rings is 1. The molecule has 0 radical (unpaired) electrons. The summed E-state index contributed by atoms with van der Waals surface area (Å²) in [4.78, 5) is 12.3. The largest absolute Gasteiger partial charge is 0.488 e. The maximum Gasteiger partial charge on any atom is 0.322 e. The Hall–Kier alpha value is -1.56. The zero-order valence-corrected chi connectivity index (χ0v) is 13.1. The molecule has 1 heterocycles. The Balaban J connectivity index is 1.88. The van der Waals surface area contributed by atoms with E-state index in [2.05, 4.69) is 4.74 Å². The van der Waals surface area contributed by atoms with E-state index in [1.807, 2.05) is 36.4 Å². The fourth-order valence-corrected chi connectivity index (χ4v) is 2.79. The molecule has 6 heteroatoms. The van der Waals surface area contributed by atoms with Gasteiger partial charge in [-0.3, -0.25) is 4.79 Å². The summed E-state index contributed by atoms with van der Waals surface area (Å²) in [6.07, 6.45) is 0.438. The van der Waals surface area contributed by atoms with E-state index in [0.29, 0.717) is 13.0 Å². The second-order valence-electron chi connectivity index (χ2n) is 4.47. The molecule has 2 rings (SSSR count). The van der Waals surface area contributed by atoms with Crippen LogP contribution in [0.4, 0.5) is 0 Å². The first-order valence-corrected chi connectivity index (χ1v) is 7.57. The average Bonchev–Trinajstić information content (AvgIpc) is 2.91. The number of nitrogens with two attached hydrogens (primary N) is 1. The first-order chi connectivity index (χ1) is 10.1. The number of halogens is 1. The van der Waals surface area contributed by atoms with Gasteiger partial charge in [0.25, 0.3) is 0 Å². The van der Waals surface area contributed by atoms with Crippen molar-refractivity contribution in [2.75, 3.05) is 7.11 Å². The molecule has 0 saturated carbocycles. The highest BCUT2D eigenvalue weighted by atomic mass is 35.5. The van der Waals surface area contributed by atoms with Gasteiger partial charge in [-0.2, -0.15) is 0 Å². The lowest BCUT2D eigenvalue weighted by Crippen LogP contribution is -2.33. The molecule has 112 valence electrons. The molecule has 0 aliphatic heterocycles. The monoisotopic (exact) mass is 325 g/mol. The summed E-state index contributed by atoms with van der Waals surface area (Å²) in [6.45, 7) is 0.485. The second kappa shape index (κ2) is 7.45. The van der Waals surface area contributed by atoms with Crippen LogP contribution in [0, 0.1) is 0 Å². The normalized spacial score (nSPS) is 12.0. The third kappa shape index (κ3) is 4.74. The maximum absolute atomic E-state index is 11.3.